The van der Waals surface area contributed by atoms with Gasteiger partial charge in [0.15, 0.2) is 5.75 Å². The highest BCUT2D eigenvalue weighted by molar-refractivity contribution is 5.76. The maximum atomic E-state index is 11.9. The van der Waals surface area contributed by atoms with Crippen LogP contribution in [0.3, 0.4) is 0 Å². The molecule has 0 amide bonds. The van der Waals surface area contributed by atoms with Gasteiger partial charge in [-0.1, -0.05) is 12.1 Å². The van der Waals surface area contributed by atoms with Crippen molar-refractivity contribution in [3.05, 3.63) is 44.2 Å². The van der Waals surface area contributed by atoms with Crippen molar-refractivity contribution in [2.24, 2.45) is 0 Å². The number of anilines is 2. The minimum atomic E-state index is -0.691. The number of nitrogens with zero attached hydrogens (tertiary/aromatic N) is 1. The molecule has 26 heavy (non-hydrogen) atoms. The monoisotopic (exact) mass is 360 g/mol. The summed E-state index contributed by atoms with van der Waals surface area (Å²) in [5.41, 5.74) is -0.454. The van der Waals surface area contributed by atoms with E-state index >= 15 is 0 Å². The highest BCUT2D eigenvalue weighted by atomic mass is 16.5. The van der Waals surface area contributed by atoms with Gasteiger partial charge in [0, 0.05) is 12.1 Å². The van der Waals surface area contributed by atoms with Gasteiger partial charge in [0.1, 0.15) is 17.5 Å². The molecule has 8 heteroatoms. The van der Waals surface area contributed by atoms with Crippen LogP contribution in [0.15, 0.2) is 27.8 Å². The zero-order valence-corrected chi connectivity index (χ0v) is 14.6. The SMILES string of the molecule is COC(=O)C1CCCN1Cc1cccc(Nc2c(OC)c(=O)c2=O)c1O. The Hall–Kier alpha value is -2.87. The molecule has 1 aliphatic rings. The lowest BCUT2D eigenvalue weighted by Crippen LogP contribution is -2.36. The number of likely N-dealkylation sites (tertiary alicyclic amines) is 1. The molecule has 2 aromatic carbocycles. The van der Waals surface area contributed by atoms with Crippen LogP contribution >= 0.6 is 0 Å². The second-order valence-electron chi connectivity index (χ2n) is 6.16. The summed E-state index contributed by atoms with van der Waals surface area (Å²) in [4.78, 5) is 36.9. The zero-order chi connectivity index (χ0) is 18.8. The number of carbonyl (C=O) groups is 1. The van der Waals surface area contributed by atoms with Crippen molar-refractivity contribution in [2.45, 2.75) is 25.4 Å². The van der Waals surface area contributed by atoms with Gasteiger partial charge in [-0.3, -0.25) is 19.3 Å². The molecule has 1 saturated heterocycles. The summed E-state index contributed by atoms with van der Waals surface area (Å²) in [5, 5.41) is 13.3. The van der Waals surface area contributed by atoms with Crippen LogP contribution in [0.1, 0.15) is 18.4 Å². The highest BCUT2D eigenvalue weighted by Gasteiger charge is 2.32. The molecule has 8 nitrogen and oxygen atoms in total. The van der Waals surface area contributed by atoms with Crippen molar-refractivity contribution >= 4 is 17.3 Å². The van der Waals surface area contributed by atoms with E-state index in [2.05, 4.69) is 5.32 Å². The number of carbonyl (C=O) groups excluding carboxylic acids is 1. The van der Waals surface area contributed by atoms with Crippen LogP contribution in [-0.4, -0.2) is 42.8 Å². The Kier molecular flexibility index (Phi) is 4.94. The Morgan fingerprint density at radius 3 is 2.77 bits per heavy atom. The molecule has 1 fully saturated rings. The predicted octanol–water partition coefficient (Wildman–Crippen LogP) is 0.878. The lowest BCUT2D eigenvalue weighted by atomic mass is 10.1. The van der Waals surface area contributed by atoms with E-state index in [1.807, 2.05) is 4.90 Å². The van der Waals surface area contributed by atoms with Crippen LogP contribution < -0.4 is 20.9 Å². The van der Waals surface area contributed by atoms with Gasteiger partial charge < -0.3 is 19.9 Å². The molecule has 0 aromatic heterocycles. The highest BCUT2D eigenvalue weighted by Crippen LogP contribution is 2.33. The van der Waals surface area contributed by atoms with Gasteiger partial charge in [0.2, 0.25) is 0 Å². The summed E-state index contributed by atoms with van der Waals surface area (Å²) in [6.45, 7) is 1.09. The molecule has 1 heterocycles. The molecule has 0 aliphatic carbocycles. The Labute approximate surface area is 149 Å². The number of rotatable bonds is 6. The van der Waals surface area contributed by atoms with E-state index in [1.165, 1.54) is 14.2 Å². The van der Waals surface area contributed by atoms with Crippen molar-refractivity contribution in [2.75, 3.05) is 26.1 Å². The maximum absolute atomic E-state index is 11.9. The molecule has 0 radical (unpaired) electrons. The van der Waals surface area contributed by atoms with Crippen molar-refractivity contribution < 1.29 is 19.4 Å². The van der Waals surface area contributed by atoms with Gasteiger partial charge in [0.25, 0.3) is 10.9 Å². The van der Waals surface area contributed by atoms with E-state index in [1.54, 1.807) is 18.2 Å². The topological polar surface area (TPSA) is 105 Å². The Bertz CT molecular complexity index is 900. The van der Waals surface area contributed by atoms with E-state index < -0.39 is 10.9 Å². The van der Waals surface area contributed by atoms with Crippen molar-refractivity contribution in [3.8, 4) is 11.5 Å². The molecule has 138 valence electrons. The summed E-state index contributed by atoms with van der Waals surface area (Å²) in [6, 6.07) is 4.73. The van der Waals surface area contributed by atoms with Crippen LogP contribution in [0, 0.1) is 0 Å². The lowest BCUT2D eigenvalue weighted by molar-refractivity contribution is -0.146. The van der Waals surface area contributed by atoms with Crippen molar-refractivity contribution in [1.29, 1.82) is 0 Å². The predicted molar refractivity (Wildman–Crippen MR) is 94.7 cm³/mol. The normalized spacial score (nSPS) is 17.4. The summed E-state index contributed by atoms with van der Waals surface area (Å²) in [6.07, 6.45) is 1.59. The first-order valence-electron chi connectivity index (χ1n) is 8.25. The number of para-hydroxylation sites is 1. The molecule has 1 atom stereocenters. The average Bonchev–Trinajstić information content (AvgIpc) is 3.11. The minimum Gasteiger partial charge on any atom is -0.505 e. The third-order valence-corrected chi connectivity index (χ3v) is 4.66. The van der Waals surface area contributed by atoms with Crippen molar-refractivity contribution in [1.82, 2.24) is 4.90 Å². The van der Waals surface area contributed by atoms with Crippen LogP contribution in [0.2, 0.25) is 0 Å². The number of phenolic OH excluding ortho intramolecular Hbond substituents is 1. The van der Waals surface area contributed by atoms with E-state index in [-0.39, 0.29) is 29.2 Å². The Morgan fingerprint density at radius 1 is 1.31 bits per heavy atom. The lowest BCUT2D eigenvalue weighted by Gasteiger charge is -2.23. The largest absolute Gasteiger partial charge is 0.505 e. The molecular weight excluding hydrogens is 340 g/mol. The van der Waals surface area contributed by atoms with Gasteiger partial charge >= 0.3 is 5.97 Å². The smallest absolute Gasteiger partial charge is 0.323 e. The molecule has 3 rings (SSSR count). The van der Waals surface area contributed by atoms with E-state index in [9.17, 15) is 19.5 Å². The molecule has 2 aromatic rings. The number of benzene rings is 1. The fourth-order valence-corrected chi connectivity index (χ4v) is 3.27. The molecule has 1 aliphatic heterocycles. The Morgan fingerprint density at radius 2 is 2.08 bits per heavy atom. The molecule has 0 spiro atoms. The number of aromatic hydroxyl groups is 1. The summed E-state index contributed by atoms with van der Waals surface area (Å²) < 4.78 is 9.72. The molecule has 1 unspecified atom stereocenters. The van der Waals surface area contributed by atoms with Gasteiger partial charge in [-0.15, -0.1) is 0 Å². The molecule has 0 bridgehead atoms. The molecule has 2 N–H and O–H groups in total. The quantitative estimate of drug-likeness (QED) is 0.444. The fraction of sp³-hybridized carbons (Fsp3) is 0.389. The van der Waals surface area contributed by atoms with Gasteiger partial charge in [-0.05, 0) is 25.5 Å². The number of hydrogen-bond donors (Lipinski definition) is 2. The number of esters is 1. The van der Waals surface area contributed by atoms with E-state index in [0.29, 0.717) is 24.2 Å². The zero-order valence-electron chi connectivity index (χ0n) is 14.6. The second kappa shape index (κ2) is 7.17. The summed E-state index contributed by atoms with van der Waals surface area (Å²) >= 11 is 0. The van der Waals surface area contributed by atoms with Crippen LogP contribution in [0.5, 0.6) is 11.5 Å². The van der Waals surface area contributed by atoms with E-state index in [4.69, 9.17) is 9.47 Å². The average molecular weight is 360 g/mol. The fourth-order valence-electron chi connectivity index (χ4n) is 3.27. The number of phenols is 1. The van der Waals surface area contributed by atoms with Gasteiger partial charge in [-0.2, -0.15) is 0 Å². The van der Waals surface area contributed by atoms with Gasteiger partial charge in [0.05, 0.1) is 19.9 Å². The minimum absolute atomic E-state index is 0.0264. The summed E-state index contributed by atoms with van der Waals surface area (Å²) in [7, 11) is 2.66. The first kappa shape index (κ1) is 17.9. The first-order chi connectivity index (χ1) is 12.5. The number of ether oxygens (including phenoxy) is 2. The second-order valence-corrected chi connectivity index (χ2v) is 6.16. The standard InChI is InChI=1S/C18H20N2O6/c1-25-17-13(15(22)16(17)23)19-11-6-3-5-10(14(11)21)9-20-8-4-7-12(20)18(24)26-2/h3,5-6,12,19,21H,4,7-9H2,1-2H3. The maximum Gasteiger partial charge on any atom is 0.323 e. The van der Waals surface area contributed by atoms with E-state index in [0.717, 1.165) is 13.0 Å². The molecular formula is C18H20N2O6. The summed E-state index contributed by atoms with van der Waals surface area (Å²) in [5.74, 6) is -0.382. The Balaban J connectivity index is 1.81. The number of methoxy groups -OCH3 is 2. The molecule has 0 saturated carbocycles. The van der Waals surface area contributed by atoms with Crippen LogP contribution in [0.4, 0.5) is 11.4 Å². The number of nitrogens with one attached hydrogen (secondary N) is 1. The third-order valence-electron chi connectivity index (χ3n) is 4.66. The van der Waals surface area contributed by atoms with Gasteiger partial charge in [-0.25, -0.2) is 0 Å². The number of hydrogen-bond acceptors (Lipinski definition) is 8. The van der Waals surface area contributed by atoms with Crippen LogP contribution in [-0.2, 0) is 16.1 Å². The third kappa shape index (κ3) is 3.03. The van der Waals surface area contributed by atoms with Crippen molar-refractivity contribution in [3.63, 3.8) is 0 Å². The van der Waals surface area contributed by atoms with Crippen LogP contribution in [0.25, 0.3) is 0 Å². The first-order valence-corrected chi connectivity index (χ1v) is 8.25.